The van der Waals surface area contributed by atoms with Crippen LogP contribution in [0, 0.1) is 13.8 Å². The summed E-state index contributed by atoms with van der Waals surface area (Å²) < 4.78 is 32.8. The third-order valence-corrected chi connectivity index (χ3v) is 9.36. The van der Waals surface area contributed by atoms with Gasteiger partial charge in [-0.3, -0.25) is 13.9 Å². The van der Waals surface area contributed by atoms with Crippen molar-refractivity contribution in [3.8, 4) is 5.75 Å². The number of anilines is 1. The van der Waals surface area contributed by atoms with Crippen LogP contribution in [-0.2, 0) is 32.6 Å². The molecule has 8 nitrogen and oxygen atoms in total. The SMILES string of the molecule is COc1cccc(CN(C(=O)CN(c2cccc(C)c2C)S(C)(=O)=O)[C@H](Cc2ccccc2)C(=O)NC2CCCCC2)c1. The predicted molar refractivity (Wildman–Crippen MR) is 171 cm³/mol. The molecule has 9 heteroatoms. The molecule has 0 saturated heterocycles. The fraction of sp³-hybridized carbons (Fsp3) is 0.412. The van der Waals surface area contributed by atoms with Crippen molar-refractivity contribution < 1.29 is 22.7 Å². The molecule has 0 radical (unpaired) electrons. The van der Waals surface area contributed by atoms with Crippen molar-refractivity contribution in [3.63, 3.8) is 0 Å². The summed E-state index contributed by atoms with van der Waals surface area (Å²) in [5, 5.41) is 3.23. The summed E-state index contributed by atoms with van der Waals surface area (Å²) in [6.07, 6.45) is 6.47. The van der Waals surface area contributed by atoms with Crippen molar-refractivity contribution in [2.24, 2.45) is 0 Å². The molecule has 230 valence electrons. The van der Waals surface area contributed by atoms with Gasteiger partial charge in [-0.1, -0.05) is 73.9 Å². The van der Waals surface area contributed by atoms with Crippen LogP contribution in [0.15, 0.2) is 72.8 Å². The van der Waals surface area contributed by atoms with E-state index >= 15 is 0 Å². The van der Waals surface area contributed by atoms with E-state index in [0.717, 1.165) is 64.9 Å². The molecule has 0 spiro atoms. The summed E-state index contributed by atoms with van der Waals surface area (Å²) in [6.45, 7) is 3.42. The molecule has 0 unspecified atom stereocenters. The predicted octanol–water partition coefficient (Wildman–Crippen LogP) is 5.17. The molecule has 0 bridgehead atoms. The van der Waals surface area contributed by atoms with Crippen molar-refractivity contribution in [2.75, 3.05) is 24.2 Å². The smallest absolute Gasteiger partial charge is 0.244 e. The Morgan fingerprint density at radius 3 is 2.28 bits per heavy atom. The van der Waals surface area contributed by atoms with E-state index in [2.05, 4.69) is 5.32 Å². The summed E-state index contributed by atoms with van der Waals surface area (Å²) in [4.78, 5) is 30.0. The van der Waals surface area contributed by atoms with E-state index < -0.39 is 28.5 Å². The number of nitrogens with zero attached hydrogens (tertiary/aromatic N) is 2. The van der Waals surface area contributed by atoms with Crippen LogP contribution in [0.2, 0.25) is 0 Å². The maximum Gasteiger partial charge on any atom is 0.244 e. The van der Waals surface area contributed by atoms with Crippen LogP contribution in [-0.4, -0.2) is 57.1 Å². The molecule has 3 aromatic carbocycles. The minimum absolute atomic E-state index is 0.0516. The van der Waals surface area contributed by atoms with Crippen LogP contribution in [0.3, 0.4) is 0 Å². The van der Waals surface area contributed by atoms with E-state index in [-0.39, 0.29) is 24.9 Å². The average Bonchev–Trinajstić information content (AvgIpc) is 2.99. The van der Waals surface area contributed by atoms with E-state index in [1.54, 1.807) is 19.2 Å². The summed E-state index contributed by atoms with van der Waals surface area (Å²) in [6, 6.07) is 21.6. The van der Waals surface area contributed by atoms with Crippen molar-refractivity contribution in [2.45, 2.75) is 71.0 Å². The molecule has 1 N–H and O–H groups in total. The highest BCUT2D eigenvalue weighted by Crippen LogP contribution is 2.26. The number of rotatable bonds is 12. The largest absolute Gasteiger partial charge is 0.497 e. The lowest BCUT2D eigenvalue weighted by Gasteiger charge is -2.35. The number of carbonyl (C=O) groups excluding carboxylic acids is 2. The average molecular weight is 606 g/mol. The molecule has 0 aliphatic heterocycles. The second kappa shape index (κ2) is 14.6. The normalized spacial score (nSPS) is 14.5. The van der Waals surface area contributed by atoms with Gasteiger partial charge in [0.25, 0.3) is 0 Å². The maximum atomic E-state index is 14.4. The lowest BCUT2D eigenvalue weighted by Crippen LogP contribution is -2.55. The third kappa shape index (κ3) is 8.60. The van der Waals surface area contributed by atoms with E-state index in [1.165, 1.54) is 4.90 Å². The van der Waals surface area contributed by atoms with Crippen LogP contribution in [0.25, 0.3) is 0 Å². The fourth-order valence-corrected chi connectivity index (χ4v) is 6.57. The molecule has 43 heavy (non-hydrogen) atoms. The molecule has 1 aliphatic carbocycles. The molecule has 0 aromatic heterocycles. The van der Waals surface area contributed by atoms with Crippen molar-refractivity contribution in [3.05, 3.63) is 95.1 Å². The Labute approximate surface area is 256 Å². The number of hydrogen-bond donors (Lipinski definition) is 1. The van der Waals surface area contributed by atoms with Crippen LogP contribution < -0.4 is 14.4 Å². The first-order valence-corrected chi connectivity index (χ1v) is 16.7. The number of hydrogen-bond acceptors (Lipinski definition) is 5. The van der Waals surface area contributed by atoms with E-state index in [4.69, 9.17) is 4.74 Å². The molecule has 0 heterocycles. The third-order valence-electron chi connectivity index (χ3n) is 8.23. The molecule has 1 saturated carbocycles. The van der Waals surface area contributed by atoms with Gasteiger partial charge in [0.2, 0.25) is 21.8 Å². The minimum Gasteiger partial charge on any atom is -0.497 e. The van der Waals surface area contributed by atoms with E-state index in [1.807, 2.05) is 74.5 Å². The zero-order valence-electron chi connectivity index (χ0n) is 25.6. The monoisotopic (exact) mass is 605 g/mol. The lowest BCUT2D eigenvalue weighted by atomic mass is 9.94. The molecule has 1 fully saturated rings. The molecule has 3 aromatic rings. The first-order valence-electron chi connectivity index (χ1n) is 14.9. The Morgan fingerprint density at radius 1 is 0.930 bits per heavy atom. The zero-order valence-corrected chi connectivity index (χ0v) is 26.4. The highest BCUT2D eigenvalue weighted by atomic mass is 32.2. The molecular weight excluding hydrogens is 562 g/mol. The van der Waals surface area contributed by atoms with Gasteiger partial charge in [0.15, 0.2) is 0 Å². The number of carbonyl (C=O) groups is 2. The standard InChI is InChI=1S/C34H43N3O5S/c1-25-13-11-20-31(26(25)2)37(43(4,40)41)24-33(38)36(23-28-16-12-19-30(21-28)42-3)32(22-27-14-7-5-8-15-27)34(39)35-29-17-9-6-10-18-29/h5,7-8,11-16,19-21,29,32H,6,9-10,17-18,22-24H2,1-4H3,(H,35,39)/t32-/m1/s1. The molecule has 2 amide bonds. The van der Waals surface area contributed by atoms with Gasteiger partial charge in [-0.05, 0) is 67.1 Å². The highest BCUT2D eigenvalue weighted by Gasteiger charge is 2.34. The highest BCUT2D eigenvalue weighted by molar-refractivity contribution is 7.92. The minimum atomic E-state index is -3.83. The number of sulfonamides is 1. The lowest BCUT2D eigenvalue weighted by molar-refractivity contribution is -0.140. The van der Waals surface area contributed by atoms with Gasteiger partial charge < -0.3 is 15.0 Å². The second-order valence-corrected chi connectivity index (χ2v) is 13.3. The number of nitrogens with one attached hydrogen (secondary N) is 1. The fourth-order valence-electron chi connectivity index (χ4n) is 5.67. The maximum absolute atomic E-state index is 14.4. The summed E-state index contributed by atoms with van der Waals surface area (Å²) in [7, 11) is -2.26. The Bertz CT molecular complexity index is 1500. The number of amides is 2. The molecule has 1 aliphatic rings. The van der Waals surface area contributed by atoms with E-state index in [9.17, 15) is 18.0 Å². The topological polar surface area (TPSA) is 96.0 Å². The van der Waals surface area contributed by atoms with Gasteiger partial charge in [0, 0.05) is 19.0 Å². The van der Waals surface area contributed by atoms with Crippen molar-refractivity contribution in [1.82, 2.24) is 10.2 Å². The van der Waals surface area contributed by atoms with Gasteiger partial charge in [-0.25, -0.2) is 8.42 Å². The molecular formula is C34H43N3O5S. The second-order valence-electron chi connectivity index (χ2n) is 11.4. The van der Waals surface area contributed by atoms with Crippen LogP contribution >= 0.6 is 0 Å². The van der Waals surface area contributed by atoms with Gasteiger partial charge in [0.05, 0.1) is 19.1 Å². The van der Waals surface area contributed by atoms with Crippen LogP contribution in [0.1, 0.15) is 54.4 Å². The first-order chi connectivity index (χ1) is 20.6. The van der Waals surface area contributed by atoms with E-state index in [0.29, 0.717) is 11.4 Å². The number of benzene rings is 3. The van der Waals surface area contributed by atoms with Gasteiger partial charge >= 0.3 is 0 Å². The summed E-state index contributed by atoms with van der Waals surface area (Å²) in [5.74, 6) is -0.0668. The van der Waals surface area contributed by atoms with Gasteiger partial charge in [-0.15, -0.1) is 0 Å². The van der Waals surface area contributed by atoms with Crippen molar-refractivity contribution >= 4 is 27.5 Å². The van der Waals surface area contributed by atoms with Crippen LogP contribution in [0.4, 0.5) is 5.69 Å². The van der Waals surface area contributed by atoms with Gasteiger partial charge in [0.1, 0.15) is 18.3 Å². The van der Waals surface area contributed by atoms with Gasteiger partial charge in [-0.2, -0.15) is 0 Å². The Balaban J connectivity index is 1.75. The quantitative estimate of drug-likeness (QED) is 0.308. The molecule has 4 rings (SSSR count). The van der Waals surface area contributed by atoms with Crippen molar-refractivity contribution in [1.29, 1.82) is 0 Å². The first kappa shape index (κ1) is 32.1. The number of ether oxygens (including phenoxy) is 1. The Hall–Kier alpha value is -3.85. The summed E-state index contributed by atoms with van der Waals surface area (Å²) in [5.41, 5.74) is 3.82. The summed E-state index contributed by atoms with van der Waals surface area (Å²) >= 11 is 0. The number of methoxy groups -OCH3 is 1. The van der Waals surface area contributed by atoms with Crippen LogP contribution in [0.5, 0.6) is 5.75 Å². The Morgan fingerprint density at radius 2 is 1.60 bits per heavy atom. The number of aryl methyl sites for hydroxylation is 1. The molecule has 1 atom stereocenters. The zero-order chi connectivity index (χ0) is 31.0. The Kier molecular flexibility index (Phi) is 10.9.